The summed E-state index contributed by atoms with van der Waals surface area (Å²) in [7, 11) is 0. The van der Waals surface area contributed by atoms with Crippen molar-refractivity contribution in [3.63, 3.8) is 0 Å². The molecule has 6 aromatic carbocycles. The van der Waals surface area contributed by atoms with E-state index in [1.165, 1.54) is 20.2 Å². The summed E-state index contributed by atoms with van der Waals surface area (Å²) in [5.41, 5.74) is 8.33. The van der Waals surface area contributed by atoms with Crippen LogP contribution in [0.15, 0.2) is 158 Å². The Balaban J connectivity index is 1.01. The minimum absolute atomic E-state index is 0.729. The van der Waals surface area contributed by atoms with Crippen molar-refractivity contribution in [1.29, 1.82) is 0 Å². The minimum atomic E-state index is 0.729. The van der Waals surface area contributed by atoms with Crippen molar-refractivity contribution in [1.82, 2.24) is 19.9 Å². The van der Waals surface area contributed by atoms with Gasteiger partial charge in [0.15, 0.2) is 11.6 Å². The highest BCUT2D eigenvalue weighted by atomic mass is 32.1. The molecule has 0 atom stereocenters. The molecule has 0 aliphatic carbocycles. The van der Waals surface area contributed by atoms with Crippen LogP contribution in [0.3, 0.4) is 0 Å². The Bertz CT molecular complexity index is 2640. The van der Waals surface area contributed by atoms with E-state index < -0.39 is 0 Å². The Kier molecular flexibility index (Phi) is 6.82. The number of hydrogen-bond acceptors (Lipinski definition) is 6. The van der Waals surface area contributed by atoms with E-state index in [2.05, 4.69) is 146 Å². The lowest BCUT2D eigenvalue weighted by Crippen LogP contribution is -1.94. The summed E-state index contributed by atoms with van der Waals surface area (Å²) in [6.45, 7) is 0. The second-order valence-electron chi connectivity index (χ2n) is 12.2. The maximum absolute atomic E-state index is 5.16. The molecule has 4 heterocycles. The fourth-order valence-corrected chi connectivity index (χ4v) is 8.89. The van der Waals surface area contributed by atoms with Gasteiger partial charge in [0.1, 0.15) is 9.66 Å². The average molecular weight is 675 g/mol. The van der Waals surface area contributed by atoms with Gasteiger partial charge in [0.2, 0.25) is 0 Å². The van der Waals surface area contributed by atoms with Crippen molar-refractivity contribution in [3.05, 3.63) is 158 Å². The molecule has 0 spiro atoms. The Morgan fingerprint density at radius 3 is 1.08 bits per heavy atom. The van der Waals surface area contributed by atoms with Crippen molar-refractivity contribution in [2.45, 2.75) is 0 Å². The summed E-state index contributed by atoms with van der Waals surface area (Å²) in [6, 6.07) is 54.9. The van der Waals surface area contributed by atoms with Gasteiger partial charge in [-0.15, -0.1) is 22.7 Å². The Morgan fingerprint density at radius 2 is 0.660 bits per heavy atom. The molecule has 4 aromatic heterocycles. The SMILES string of the molecule is c1ccc(-c2nc(-c3ccc(-c4ccc(-c5nc(-c6ccccc6)c6c(n5)sc5ccccc56)cc4)cc3)nc3sc4ccccc4c23)cc1. The van der Waals surface area contributed by atoms with Crippen LogP contribution in [0.4, 0.5) is 0 Å². The van der Waals surface area contributed by atoms with E-state index in [4.69, 9.17) is 19.9 Å². The number of benzene rings is 6. The Morgan fingerprint density at radius 1 is 0.300 bits per heavy atom. The third-order valence-corrected chi connectivity index (χ3v) is 11.3. The van der Waals surface area contributed by atoms with Crippen LogP contribution in [0.1, 0.15) is 0 Å². The van der Waals surface area contributed by atoms with E-state index in [9.17, 15) is 0 Å². The van der Waals surface area contributed by atoms with Crippen molar-refractivity contribution in [2.75, 3.05) is 0 Å². The summed E-state index contributed by atoms with van der Waals surface area (Å²) < 4.78 is 2.44. The molecule has 0 fully saturated rings. The zero-order valence-corrected chi connectivity index (χ0v) is 28.2. The monoisotopic (exact) mass is 674 g/mol. The highest BCUT2D eigenvalue weighted by molar-refractivity contribution is 7.26. The molecule has 0 N–H and O–H groups in total. The average Bonchev–Trinajstić information content (AvgIpc) is 3.76. The van der Waals surface area contributed by atoms with E-state index >= 15 is 0 Å². The molecule has 0 unspecified atom stereocenters. The molecule has 0 saturated heterocycles. The van der Waals surface area contributed by atoms with Crippen LogP contribution >= 0.6 is 22.7 Å². The number of rotatable bonds is 5. The lowest BCUT2D eigenvalue weighted by atomic mass is 10.0. The van der Waals surface area contributed by atoms with Crippen LogP contribution in [0.5, 0.6) is 0 Å². The van der Waals surface area contributed by atoms with Crippen LogP contribution in [0, 0.1) is 0 Å². The highest BCUT2D eigenvalue weighted by Crippen LogP contribution is 2.41. The quantitative estimate of drug-likeness (QED) is 0.182. The largest absolute Gasteiger partial charge is 0.227 e. The highest BCUT2D eigenvalue weighted by Gasteiger charge is 2.18. The topological polar surface area (TPSA) is 51.6 Å². The van der Waals surface area contributed by atoms with Gasteiger partial charge < -0.3 is 0 Å². The van der Waals surface area contributed by atoms with Gasteiger partial charge >= 0.3 is 0 Å². The van der Waals surface area contributed by atoms with Gasteiger partial charge in [-0.25, -0.2) is 19.9 Å². The summed E-state index contributed by atoms with van der Waals surface area (Å²) in [6.07, 6.45) is 0. The molecule has 0 aliphatic heterocycles. The molecular weight excluding hydrogens is 649 g/mol. The summed E-state index contributed by atoms with van der Waals surface area (Å²) in [5, 5.41) is 4.62. The molecular formula is C44H26N4S2. The number of nitrogens with zero attached hydrogens (tertiary/aromatic N) is 4. The normalized spacial score (nSPS) is 11.6. The number of aromatic nitrogens is 4. The van der Waals surface area contributed by atoms with Crippen LogP contribution in [-0.2, 0) is 0 Å². The van der Waals surface area contributed by atoms with Crippen molar-refractivity contribution < 1.29 is 0 Å². The first-order valence-electron chi connectivity index (χ1n) is 16.5. The summed E-state index contributed by atoms with van der Waals surface area (Å²) in [5.74, 6) is 1.46. The molecule has 0 amide bonds. The maximum atomic E-state index is 5.16. The molecule has 0 bridgehead atoms. The molecule has 50 heavy (non-hydrogen) atoms. The first kappa shape index (κ1) is 28.9. The number of thiophene rings is 2. The smallest absolute Gasteiger partial charge is 0.161 e. The standard InChI is InChI=1S/C44H26N4S2/c1-3-11-29(12-4-1)39-37-33-15-7-9-17-35(33)49-43(37)47-41(45-39)31-23-19-27(20-24-31)28-21-25-32(26-22-28)42-46-40(30-13-5-2-6-14-30)38-34-16-8-10-18-36(34)50-44(38)48-42/h1-26H. The van der Waals surface area contributed by atoms with Crippen molar-refractivity contribution >= 4 is 63.3 Å². The van der Waals surface area contributed by atoms with Gasteiger partial charge in [-0.1, -0.05) is 146 Å². The molecule has 10 aromatic rings. The van der Waals surface area contributed by atoms with Gasteiger partial charge in [0.25, 0.3) is 0 Å². The van der Waals surface area contributed by atoms with Crippen LogP contribution in [-0.4, -0.2) is 19.9 Å². The molecule has 0 aliphatic rings. The fourth-order valence-electron chi connectivity index (χ4n) is 6.74. The predicted octanol–water partition coefficient (Wildman–Crippen LogP) is 12.3. The van der Waals surface area contributed by atoms with Gasteiger partial charge in [-0.3, -0.25) is 0 Å². The lowest BCUT2D eigenvalue weighted by Gasteiger charge is -2.09. The Hall–Kier alpha value is -6.08. The fraction of sp³-hybridized carbons (Fsp3) is 0. The molecule has 0 radical (unpaired) electrons. The summed E-state index contributed by atoms with van der Waals surface area (Å²) in [4.78, 5) is 22.5. The lowest BCUT2D eigenvalue weighted by molar-refractivity contribution is 1.24. The third kappa shape index (κ3) is 4.88. The maximum Gasteiger partial charge on any atom is 0.161 e. The summed E-state index contributed by atoms with van der Waals surface area (Å²) >= 11 is 3.44. The van der Waals surface area contributed by atoms with E-state index in [1.807, 2.05) is 12.1 Å². The molecule has 4 nitrogen and oxygen atoms in total. The first-order chi connectivity index (χ1) is 24.8. The van der Waals surface area contributed by atoms with Crippen molar-refractivity contribution in [2.24, 2.45) is 0 Å². The van der Waals surface area contributed by atoms with Gasteiger partial charge in [-0.05, 0) is 23.3 Å². The van der Waals surface area contributed by atoms with Gasteiger partial charge in [0.05, 0.1) is 11.4 Å². The van der Waals surface area contributed by atoms with Crippen LogP contribution in [0.25, 0.3) is 97.0 Å². The van der Waals surface area contributed by atoms with Gasteiger partial charge in [0, 0.05) is 53.2 Å². The molecule has 6 heteroatoms. The zero-order chi connectivity index (χ0) is 33.0. The van der Waals surface area contributed by atoms with Crippen molar-refractivity contribution in [3.8, 4) is 56.4 Å². The molecule has 234 valence electrons. The predicted molar refractivity (Wildman–Crippen MR) is 211 cm³/mol. The van der Waals surface area contributed by atoms with Crippen LogP contribution in [0.2, 0.25) is 0 Å². The van der Waals surface area contributed by atoms with E-state index in [-0.39, 0.29) is 0 Å². The first-order valence-corrected chi connectivity index (χ1v) is 18.1. The molecule has 0 saturated carbocycles. The van der Waals surface area contributed by atoms with E-state index in [0.29, 0.717) is 0 Å². The third-order valence-electron chi connectivity index (χ3n) is 9.19. The zero-order valence-electron chi connectivity index (χ0n) is 26.6. The van der Waals surface area contributed by atoms with E-state index in [1.54, 1.807) is 22.7 Å². The molecule has 10 rings (SSSR count). The second-order valence-corrected chi connectivity index (χ2v) is 14.3. The Labute approximate surface area is 296 Å². The second kappa shape index (κ2) is 11.8. The van der Waals surface area contributed by atoms with Crippen LogP contribution < -0.4 is 0 Å². The van der Waals surface area contributed by atoms with E-state index in [0.717, 1.165) is 76.9 Å². The number of hydrogen-bond donors (Lipinski definition) is 0. The van der Waals surface area contributed by atoms with Gasteiger partial charge in [-0.2, -0.15) is 0 Å². The number of fused-ring (bicyclic) bond motifs is 6. The minimum Gasteiger partial charge on any atom is -0.227 e.